The summed E-state index contributed by atoms with van der Waals surface area (Å²) in [6.07, 6.45) is 3.80. The Balaban J connectivity index is 1.37. The summed E-state index contributed by atoms with van der Waals surface area (Å²) in [6, 6.07) is 11.5. The number of anilines is 1. The van der Waals surface area contributed by atoms with E-state index in [0.717, 1.165) is 47.4 Å². The summed E-state index contributed by atoms with van der Waals surface area (Å²) in [4.78, 5) is 40.6. The van der Waals surface area contributed by atoms with E-state index in [1.165, 1.54) is 34.4 Å². The van der Waals surface area contributed by atoms with E-state index in [4.69, 9.17) is 4.74 Å². The maximum Gasteiger partial charge on any atom is 0.341 e. The largest absolute Gasteiger partial charge is 0.462 e. The Morgan fingerprint density at radius 3 is 2.73 bits per heavy atom. The van der Waals surface area contributed by atoms with Gasteiger partial charge < -0.3 is 15.4 Å². The summed E-state index contributed by atoms with van der Waals surface area (Å²) in [6.45, 7) is 6.01. The van der Waals surface area contributed by atoms with E-state index < -0.39 is 11.2 Å². The average molecular weight is 610 g/mol. The van der Waals surface area contributed by atoms with E-state index in [9.17, 15) is 14.4 Å². The number of carbonyl (C=O) groups excluding carboxylic acids is 3. The number of thioether (sulfide) groups is 1. The van der Waals surface area contributed by atoms with Crippen molar-refractivity contribution in [3.63, 3.8) is 0 Å². The molecule has 1 atom stereocenters. The van der Waals surface area contributed by atoms with Crippen molar-refractivity contribution < 1.29 is 19.1 Å². The van der Waals surface area contributed by atoms with E-state index in [-0.39, 0.29) is 25.0 Å². The van der Waals surface area contributed by atoms with Gasteiger partial charge in [0.05, 0.1) is 28.8 Å². The smallest absolute Gasteiger partial charge is 0.341 e. The van der Waals surface area contributed by atoms with Crippen LogP contribution in [-0.4, -0.2) is 44.4 Å². The Labute approximate surface area is 250 Å². The second-order valence-electron chi connectivity index (χ2n) is 9.62. The highest BCUT2D eigenvalue weighted by atomic mass is 32.2. The number of hydrogen-bond donors (Lipinski definition) is 2. The maximum absolute atomic E-state index is 13.4. The van der Waals surface area contributed by atoms with E-state index in [1.54, 1.807) is 19.9 Å². The van der Waals surface area contributed by atoms with Crippen LogP contribution < -0.4 is 10.6 Å². The molecular weight excluding hydrogens is 579 g/mol. The van der Waals surface area contributed by atoms with E-state index in [2.05, 4.69) is 20.8 Å². The first-order valence-electron chi connectivity index (χ1n) is 13.5. The van der Waals surface area contributed by atoms with E-state index in [0.29, 0.717) is 26.4 Å². The molecule has 1 aliphatic carbocycles. The fraction of sp³-hybridized carbons (Fsp3) is 0.345. The molecule has 3 aromatic heterocycles. The molecule has 0 spiro atoms. The zero-order valence-electron chi connectivity index (χ0n) is 23.1. The van der Waals surface area contributed by atoms with E-state index >= 15 is 0 Å². The third-order valence-corrected chi connectivity index (χ3v) is 9.77. The molecule has 0 bridgehead atoms. The number of ether oxygens (including phenoxy) is 1. The molecule has 41 heavy (non-hydrogen) atoms. The summed E-state index contributed by atoms with van der Waals surface area (Å²) in [5, 5.41) is 17.0. The minimum Gasteiger partial charge on any atom is -0.462 e. The van der Waals surface area contributed by atoms with Crippen LogP contribution in [0.15, 0.2) is 46.9 Å². The lowest BCUT2D eigenvalue weighted by Gasteiger charge is -2.15. The van der Waals surface area contributed by atoms with Gasteiger partial charge >= 0.3 is 5.97 Å². The fourth-order valence-corrected chi connectivity index (χ4v) is 7.48. The minimum absolute atomic E-state index is 0.169. The predicted molar refractivity (Wildman–Crippen MR) is 162 cm³/mol. The number of amides is 2. The van der Waals surface area contributed by atoms with Crippen molar-refractivity contribution in [3.8, 4) is 5.69 Å². The highest BCUT2D eigenvalue weighted by Gasteiger charge is 2.29. The Morgan fingerprint density at radius 2 is 1.98 bits per heavy atom. The van der Waals surface area contributed by atoms with Crippen LogP contribution in [0.1, 0.15) is 68.5 Å². The third kappa shape index (κ3) is 6.55. The topological polar surface area (TPSA) is 115 Å². The zero-order valence-corrected chi connectivity index (χ0v) is 25.5. The van der Waals surface area contributed by atoms with Gasteiger partial charge in [-0.15, -0.1) is 32.9 Å². The fourth-order valence-electron chi connectivity index (χ4n) is 4.67. The Kier molecular flexibility index (Phi) is 9.21. The van der Waals surface area contributed by atoms with Gasteiger partial charge in [0.15, 0.2) is 11.0 Å². The average Bonchev–Trinajstić information content (AvgIpc) is 3.70. The lowest BCUT2D eigenvalue weighted by molar-refractivity contribution is -0.115. The molecule has 2 N–H and O–H groups in total. The highest BCUT2D eigenvalue weighted by molar-refractivity contribution is 8.00. The molecular formula is C29H31N5O4S3. The molecule has 0 fully saturated rings. The summed E-state index contributed by atoms with van der Waals surface area (Å²) in [5.74, 6) is -0.274. The monoisotopic (exact) mass is 609 g/mol. The molecule has 2 amide bonds. The number of nitrogens with one attached hydrogen (secondary N) is 2. The summed E-state index contributed by atoms with van der Waals surface area (Å²) >= 11 is 4.10. The van der Waals surface area contributed by atoms with Crippen LogP contribution in [0.4, 0.5) is 5.00 Å². The molecule has 1 aromatic carbocycles. The van der Waals surface area contributed by atoms with Crippen molar-refractivity contribution in [2.45, 2.75) is 63.4 Å². The number of hydrogen-bond acceptors (Lipinski definition) is 9. The van der Waals surface area contributed by atoms with Gasteiger partial charge in [-0.05, 0) is 81.2 Å². The van der Waals surface area contributed by atoms with Gasteiger partial charge in [-0.3, -0.25) is 14.2 Å². The quantitative estimate of drug-likeness (QED) is 0.172. The Bertz CT molecular complexity index is 1560. The van der Waals surface area contributed by atoms with Gasteiger partial charge in [-0.1, -0.05) is 30.0 Å². The number of aryl methyl sites for hydroxylation is 2. The zero-order chi connectivity index (χ0) is 28.9. The van der Waals surface area contributed by atoms with Gasteiger partial charge in [-0.25, -0.2) is 4.79 Å². The van der Waals surface area contributed by atoms with Crippen LogP contribution >= 0.6 is 34.4 Å². The minimum atomic E-state index is -0.550. The first-order valence-corrected chi connectivity index (χ1v) is 16.1. The summed E-state index contributed by atoms with van der Waals surface area (Å²) < 4.78 is 7.20. The Hall–Kier alpha value is -3.48. The third-order valence-electron chi connectivity index (χ3n) is 6.65. The first kappa shape index (κ1) is 29.0. The van der Waals surface area contributed by atoms with Crippen LogP contribution in [0.5, 0.6) is 0 Å². The number of fused-ring (bicyclic) bond motifs is 1. The molecule has 4 aromatic rings. The van der Waals surface area contributed by atoms with E-state index in [1.807, 2.05) is 47.2 Å². The van der Waals surface area contributed by atoms with Crippen molar-refractivity contribution in [1.29, 1.82) is 0 Å². The number of carbonyl (C=O) groups is 3. The second-order valence-corrected chi connectivity index (χ2v) is 13.0. The summed E-state index contributed by atoms with van der Waals surface area (Å²) in [7, 11) is 0. The molecule has 0 saturated carbocycles. The van der Waals surface area contributed by atoms with Gasteiger partial charge in [0.25, 0.3) is 5.91 Å². The number of rotatable bonds is 10. The number of benzene rings is 1. The normalized spacial score (nSPS) is 13.3. The van der Waals surface area contributed by atoms with Gasteiger partial charge in [0.2, 0.25) is 5.91 Å². The number of thiophene rings is 2. The van der Waals surface area contributed by atoms with Crippen molar-refractivity contribution in [2.24, 2.45) is 0 Å². The van der Waals surface area contributed by atoms with Crippen LogP contribution in [0.2, 0.25) is 0 Å². The molecule has 0 saturated heterocycles. The number of esters is 1. The highest BCUT2D eigenvalue weighted by Crippen LogP contribution is 2.39. The predicted octanol–water partition coefficient (Wildman–Crippen LogP) is 5.80. The number of nitrogens with zero attached hydrogens (tertiary/aromatic N) is 3. The number of aromatic nitrogens is 3. The molecule has 0 radical (unpaired) electrons. The molecule has 0 unspecified atom stereocenters. The standard InChI is InChI=1S/C29H31N5O4S3/c1-4-38-28(37)24-20-11-5-6-12-21(20)41-27(24)31-25(35)18(3)40-29-33-32-23(16-30-26(36)22-13-8-14-39-22)34(29)19-10-7-9-17(2)15-19/h7-10,13-15,18H,4-6,11-12,16H2,1-3H3,(H,30,36)(H,31,35)/t18-/m1/s1. The molecule has 1 aliphatic rings. The molecule has 3 heterocycles. The van der Waals surface area contributed by atoms with Crippen molar-refractivity contribution in [1.82, 2.24) is 20.1 Å². The van der Waals surface area contributed by atoms with Gasteiger partial charge in [0, 0.05) is 10.6 Å². The lowest BCUT2D eigenvalue weighted by Crippen LogP contribution is -2.25. The van der Waals surface area contributed by atoms with Crippen molar-refractivity contribution in [2.75, 3.05) is 11.9 Å². The first-order chi connectivity index (χ1) is 19.9. The van der Waals surface area contributed by atoms with Crippen LogP contribution in [0.25, 0.3) is 5.69 Å². The molecule has 5 rings (SSSR count). The second kappa shape index (κ2) is 13.0. The molecule has 12 heteroatoms. The maximum atomic E-state index is 13.4. The van der Waals surface area contributed by atoms with Crippen LogP contribution in [0, 0.1) is 6.92 Å². The van der Waals surface area contributed by atoms with Gasteiger partial charge in [-0.2, -0.15) is 0 Å². The SMILES string of the molecule is CCOC(=O)c1c(NC(=O)[C@@H](C)Sc2nnc(CNC(=O)c3cccs3)n2-c2cccc(C)c2)sc2c1CCCC2. The summed E-state index contributed by atoms with van der Waals surface area (Å²) in [5.41, 5.74) is 3.38. The molecule has 0 aliphatic heterocycles. The molecule has 9 nitrogen and oxygen atoms in total. The lowest BCUT2D eigenvalue weighted by atomic mass is 9.95. The molecule has 214 valence electrons. The van der Waals surface area contributed by atoms with Crippen LogP contribution in [0.3, 0.4) is 0 Å². The Morgan fingerprint density at radius 1 is 1.15 bits per heavy atom. The van der Waals surface area contributed by atoms with Gasteiger partial charge in [0.1, 0.15) is 5.00 Å². The van der Waals surface area contributed by atoms with Crippen molar-refractivity contribution in [3.05, 3.63) is 74.0 Å². The van der Waals surface area contributed by atoms with Crippen molar-refractivity contribution >= 4 is 57.2 Å². The van der Waals surface area contributed by atoms with Crippen LogP contribution in [-0.2, 0) is 28.9 Å².